The van der Waals surface area contributed by atoms with E-state index in [1.807, 2.05) is 86.6 Å². The van der Waals surface area contributed by atoms with E-state index in [4.69, 9.17) is 9.72 Å². The van der Waals surface area contributed by atoms with Gasteiger partial charge in [-0.3, -0.25) is 0 Å². The van der Waals surface area contributed by atoms with Crippen LogP contribution in [0.25, 0.3) is 54.7 Å². The average Bonchev–Trinajstić information content (AvgIpc) is 3.69. The number of nitrogens with one attached hydrogen (secondary N) is 2. The number of para-hydroxylation sites is 1. The minimum atomic E-state index is 0.314. The van der Waals surface area contributed by atoms with E-state index >= 15 is 0 Å². The summed E-state index contributed by atoms with van der Waals surface area (Å²) in [4.78, 5) is 12.3. The summed E-state index contributed by atoms with van der Waals surface area (Å²) in [6, 6.07) is 28.4. The summed E-state index contributed by atoms with van der Waals surface area (Å²) in [6.07, 6.45) is 0. The Bertz CT molecular complexity index is 2200. The van der Waals surface area contributed by atoms with Crippen LogP contribution in [0.1, 0.15) is 17.5 Å². The molecule has 42 heavy (non-hydrogen) atoms. The molecule has 0 aliphatic carbocycles. The molecule has 3 aromatic carbocycles. The van der Waals surface area contributed by atoms with Crippen molar-refractivity contribution in [3.05, 3.63) is 106 Å². The zero-order chi connectivity index (χ0) is 29.4. The zero-order valence-electron chi connectivity index (χ0n) is 22.9. The van der Waals surface area contributed by atoms with Crippen LogP contribution in [0.4, 0.5) is 0 Å². The van der Waals surface area contributed by atoms with Crippen LogP contribution in [-0.2, 0) is 0 Å². The Morgan fingerprint density at radius 1 is 0.952 bits per heavy atom. The molecule has 0 aliphatic heterocycles. The number of thiol groups is 1. The number of aromatic amines is 2. The molecule has 0 amide bonds. The molecule has 3 heterocycles. The lowest BCUT2D eigenvalue weighted by molar-refractivity contribution is 0.340. The van der Waals surface area contributed by atoms with Gasteiger partial charge in [0.2, 0.25) is 0 Å². The topological polar surface area (TPSA) is 101 Å². The van der Waals surface area contributed by atoms with Crippen molar-refractivity contribution in [1.29, 1.82) is 10.5 Å². The van der Waals surface area contributed by atoms with Gasteiger partial charge in [-0.15, -0.1) is 24.0 Å². The first-order valence-corrected chi connectivity index (χ1v) is 14.6. The fourth-order valence-corrected chi connectivity index (χ4v) is 6.39. The lowest BCUT2D eigenvalue weighted by atomic mass is 10.0. The third kappa shape index (κ3) is 4.57. The lowest BCUT2D eigenvalue weighted by Gasteiger charge is -2.06. The van der Waals surface area contributed by atoms with Crippen molar-refractivity contribution in [3.63, 3.8) is 0 Å². The molecule has 0 bridgehead atoms. The number of aromatic nitrogens is 3. The highest BCUT2D eigenvalue weighted by atomic mass is 32.1. The predicted molar refractivity (Wildman–Crippen MR) is 174 cm³/mol. The van der Waals surface area contributed by atoms with Crippen molar-refractivity contribution in [2.45, 2.75) is 13.8 Å². The third-order valence-corrected chi connectivity index (χ3v) is 8.40. The standard InChI is InChI=1S/C34H25N5OS2/c1-4-40-22-12-9-11-21(16-22)30-28-29(32(38-30)24(17-35)20(3)41)31(23-13-6-5-10-19(23)2)39-33(28)25(18-36)34-37-26-14-7-8-15-27(26)42-34/h5-16,38-39,41H,3-4H2,1-2H3/b32-24-,33-25-. The molecule has 6 rings (SSSR count). The molecule has 6 aromatic rings. The van der Waals surface area contributed by atoms with Crippen LogP contribution in [0.5, 0.6) is 5.75 Å². The summed E-state index contributed by atoms with van der Waals surface area (Å²) in [5.74, 6) is 0.717. The molecule has 2 N–H and O–H groups in total. The molecule has 0 saturated carbocycles. The second-order valence-electron chi connectivity index (χ2n) is 9.68. The van der Waals surface area contributed by atoms with Gasteiger partial charge in [0, 0.05) is 26.8 Å². The first-order valence-electron chi connectivity index (χ1n) is 13.3. The van der Waals surface area contributed by atoms with Crippen LogP contribution in [0, 0.1) is 29.6 Å². The highest BCUT2D eigenvalue weighted by Gasteiger charge is 2.23. The quantitative estimate of drug-likeness (QED) is 0.184. The van der Waals surface area contributed by atoms with Gasteiger partial charge in [0.1, 0.15) is 28.5 Å². The van der Waals surface area contributed by atoms with Gasteiger partial charge in [-0.25, -0.2) is 4.98 Å². The number of aryl methyl sites for hydroxylation is 1. The Balaban J connectivity index is 1.86. The van der Waals surface area contributed by atoms with Gasteiger partial charge < -0.3 is 14.7 Å². The van der Waals surface area contributed by atoms with Gasteiger partial charge in [-0.05, 0) is 43.7 Å². The minimum Gasteiger partial charge on any atom is -0.494 e. The first-order chi connectivity index (χ1) is 20.4. The maximum Gasteiger partial charge on any atom is 0.137 e. The molecular weight excluding hydrogens is 559 g/mol. The number of nitriles is 2. The number of H-pyrrole nitrogens is 2. The Kier molecular flexibility index (Phi) is 7.18. The molecule has 0 fully saturated rings. The van der Waals surface area contributed by atoms with Gasteiger partial charge in [-0.2, -0.15) is 10.5 Å². The van der Waals surface area contributed by atoms with Gasteiger partial charge in [-0.1, -0.05) is 55.1 Å². The fraction of sp³-hybridized carbons (Fsp3) is 0.0882. The SMILES string of the molecule is C=C(S)/C(C#N)=c1\[nH]c(-c2cccc(OCC)c2)c2/c(=C(\C#N)c3nc4ccccc4s3)[nH]c(-c3ccccc3C)c12. The number of fused-ring (bicyclic) bond motifs is 2. The fourth-order valence-electron chi connectivity index (χ4n) is 5.26. The van der Waals surface area contributed by atoms with Crippen molar-refractivity contribution in [2.75, 3.05) is 6.61 Å². The van der Waals surface area contributed by atoms with E-state index in [1.165, 1.54) is 11.3 Å². The molecule has 8 heteroatoms. The molecule has 0 aliphatic rings. The van der Waals surface area contributed by atoms with Gasteiger partial charge in [0.15, 0.2) is 0 Å². The summed E-state index contributed by atoms with van der Waals surface area (Å²) in [6.45, 7) is 8.47. The summed E-state index contributed by atoms with van der Waals surface area (Å²) in [5.41, 5.74) is 5.92. The number of nitrogens with zero attached hydrogens (tertiary/aromatic N) is 3. The van der Waals surface area contributed by atoms with Crippen molar-refractivity contribution >= 4 is 56.1 Å². The van der Waals surface area contributed by atoms with E-state index in [0.717, 1.165) is 49.1 Å². The number of rotatable bonds is 6. The summed E-state index contributed by atoms with van der Waals surface area (Å²) >= 11 is 5.94. The molecule has 6 nitrogen and oxygen atoms in total. The number of benzene rings is 3. The van der Waals surface area contributed by atoms with E-state index < -0.39 is 0 Å². The van der Waals surface area contributed by atoms with Crippen molar-refractivity contribution in [2.24, 2.45) is 0 Å². The summed E-state index contributed by atoms with van der Waals surface area (Å²) < 4.78 is 6.81. The Morgan fingerprint density at radius 2 is 1.69 bits per heavy atom. The van der Waals surface area contributed by atoms with Crippen molar-refractivity contribution < 1.29 is 4.74 Å². The number of hydrogen-bond acceptors (Lipinski definition) is 6. The zero-order valence-corrected chi connectivity index (χ0v) is 24.7. The van der Waals surface area contributed by atoms with Crippen molar-refractivity contribution in [3.8, 4) is 40.4 Å². The lowest BCUT2D eigenvalue weighted by Crippen LogP contribution is -2.10. The minimum absolute atomic E-state index is 0.314. The highest BCUT2D eigenvalue weighted by Crippen LogP contribution is 2.35. The summed E-state index contributed by atoms with van der Waals surface area (Å²) in [7, 11) is 0. The third-order valence-electron chi connectivity index (χ3n) is 7.12. The van der Waals surface area contributed by atoms with Crippen LogP contribution >= 0.6 is 24.0 Å². The molecule has 0 saturated heterocycles. The second-order valence-corrected chi connectivity index (χ2v) is 11.3. The van der Waals surface area contributed by atoms with Crippen LogP contribution in [-0.4, -0.2) is 21.6 Å². The van der Waals surface area contributed by atoms with Crippen LogP contribution in [0.2, 0.25) is 0 Å². The van der Waals surface area contributed by atoms with Crippen molar-refractivity contribution in [1.82, 2.24) is 15.0 Å². The Labute approximate surface area is 252 Å². The van der Waals surface area contributed by atoms with E-state index in [2.05, 4.69) is 41.3 Å². The molecule has 0 atom stereocenters. The van der Waals surface area contributed by atoms with E-state index in [-0.39, 0.29) is 0 Å². The van der Waals surface area contributed by atoms with Gasteiger partial charge in [0.05, 0.1) is 44.5 Å². The van der Waals surface area contributed by atoms with E-state index in [0.29, 0.717) is 44.1 Å². The smallest absolute Gasteiger partial charge is 0.137 e. The Morgan fingerprint density at radius 3 is 2.40 bits per heavy atom. The number of hydrogen-bond donors (Lipinski definition) is 3. The molecule has 0 unspecified atom stereocenters. The average molecular weight is 584 g/mol. The molecule has 0 radical (unpaired) electrons. The first kappa shape index (κ1) is 27.2. The molecular formula is C34H25N5OS2. The Hall–Kier alpha value is -5.02. The molecule has 0 spiro atoms. The largest absolute Gasteiger partial charge is 0.494 e. The van der Waals surface area contributed by atoms with E-state index in [9.17, 15) is 10.5 Å². The number of thiazole rings is 1. The predicted octanol–water partition coefficient (Wildman–Crippen LogP) is 6.99. The van der Waals surface area contributed by atoms with Gasteiger partial charge >= 0.3 is 0 Å². The van der Waals surface area contributed by atoms with Crippen LogP contribution < -0.4 is 15.4 Å². The normalized spacial score (nSPS) is 12.6. The monoisotopic (exact) mass is 583 g/mol. The summed E-state index contributed by atoms with van der Waals surface area (Å²) in [5, 5.41) is 24.2. The van der Waals surface area contributed by atoms with Gasteiger partial charge in [0.25, 0.3) is 0 Å². The molecule has 204 valence electrons. The second kappa shape index (κ2) is 11.1. The number of allylic oxidation sites excluding steroid dienone is 1. The highest BCUT2D eigenvalue weighted by molar-refractivity contribution is 7.85. The molecule has 3 aromatic heterocycles. The maximum atomic E-state index is 10.6. The maximum absolute atomic E-state index is 10.6. The van der Waals surface area contributed by atoms with Crippen LogP contribution in [0.3, 0.4) is 0 Å². The van der Waals surface area contributed by atoms with Crippen LogP contribution in [0.15, 0.2) is 84.3 Å². The number of ether oxygens (including phenoxy) is 1. The van der Waals surface area contributed by atoms with E-state index in [1.54, 1.807) is 0 Å².